The van der Waals surface area contributed by atoms with Gasteiger partial charge in [0.2, 0.25) is 0 Å². The third kappa shape index (κ3) is 2.18. The number of imidazole rings is 1. The first-order valence-corrected chi connectivity index (χ1v) is 7.12. The number of hydrogen-bond donors (Lipinski definition) is 0. The normalized spacial score (nSPS) is 10.9. The molecule has 0 N–H and O–H groups in total. The highest BCUT2D eigenvalue weighted by atomic mass is 16.2. The van der Waals surface area contributed by atoms with E-state index >= 15 is 0 Å². The van der Waals surface area contributed by atoms with Gasteiger partial charge in [-0.1, -0.05) is 29.7 Å². The van der Waals surface area contributed by atoms with Gasteiger partial charge in [0.15, 0.2) is 11.2 Å². The van der Waals surface area contributed by atoms with Crippen molar-refractivity contribution in [1.29, 1.82) is 0 Å². The van der Waals surface area contributed by atoms with Crippen LogP contribution in [0.3, 0.4) is 0 Å². The van der Waals surface area contributed by atoms with E-state index in [0.29, 0.717) is 17.0 Å². The number of rotatable bonds is 2. The van der Waals surface area contributed by atoms with Crippen LogP contribution in [0, 0.1) is 19.3 Å². The Morgan fingerprint density at radius 1 is 1.22 bits per heavy atom. The van der Waals surface area contributed by atoms with E-state index in [1.165, 1.54) is 4.57 Å². The molecule has 116 valence electrons. The minimum absolute atomic E-state index is 0.0631. The van der Waals surface area contributed by atoms with Crippen molar-refractivity contribution >= 4 is 11.2 Å². The molecule has 0 atom stereocenters. The molecule has 0 aliphatic rings. The van der Waals surface area contributed by atoms with Crippen LogP contribution in [0.2, 0.25) is 0 Å². The molecule has 2 heterocycles. The van der Waals surface area contributed by atoms with Crippen LogP contribution in [0.1, 0.15) is 5.56 Å². The topological polar surface area (TPSA) is 61.8 Å². The smallest absolute Gasteiger partial charge is 0.321 e. The standard InChI is InChI=1S/C17H16N4O2/c1-5-9-21-16(22)13-15(20(4)17(21)23)18-14(19(13)3)12-8-6-7-11(2)10-12/h1,6-8,10H,9H2,2-4H3. The van der Waals surface area contributed by atoms with Crippen LogP contribution < -0.4 is 11.2 Å². The van der Waals surface area contributed by atoms with Crippen molar-refractivity contribution in [2.45, 2.75) is 13.5 Å². The number of fused-ring (bicyclic) bond motifs is 1. The molecule has 0 aliphatic carbocycles. The van der Waals surface area contributed by atoms with Crippen molar-refractivity contribution < 1.29 is 0 Å². The average Bonchev–Trinajstić information content (AvgIpc) is 2.87. The summed E-state index contributed by atoms with van der Waals surface area (Å²) in [5.74, 6) is 2.98. The van der Waals surface area contributed by atoms with Gasteiger partial charge in [-0.3, -0.25) is 9.36 Å². The Kier molecular flexibility index (Phi) is 3.41. The van der Waals surface area contributed by atoms with Gasteiger partial charge < -0.3 is 4.57 Å². The van der Waals surface area contributed by atoms with Gasteiger partial charge in [-0.15, -0.1) is 6.42 Å². The van der Waals surface area contributed by atoms with Crippen LogP contribution in [0.5, 0.6) is 0 Å². The van der Waals surface area contributed by atoms with Gasteiger partial charge in [-0.25, -0.2) is 14.3 Å². The molecule has 0 radical (unpaired) electrons. The van der Waals surface area contributed by atoms with Crippen molar-refractivity contribution in [3.63, 3.8) is 0 Å². The lowest BCUT2D eigenvalue weighted by Gasteiger charge is -2.05. The summed E-state index contributed by atoms with van der Waals surface area (Å²) in [6, 6.07) is 7.83. The van der Waals surface area contributed by atoms with Gasteiger partial charge in [0, 0.05) is 19.7 Å². The maximum atomic E-state index is 12.6. The van der Waals surface area contributed by atoms with Crippen LogP contribution in [-0.2, 0) is 20.6 Å². The van der Waals surface area contributed by atoms with Crippen LogP contribution >= 0.6 is 0 Å². The lowest BCUT2D eigenvalue weighted by Crippen LogP contribution is -2.39. The van der Waals surface area contributed by atoms with E-state index in [9.17, 15) is 9.59 Å². The second kappa shape index (κ2) is 5.29. The zero-order valence-corrected chi connectivity index (χ0v) is 13.2. The molecule has 23 heavy (non-hydrogen) atoms. The fourth-order valence-electron chi connectivity index (χ4n) is 2.72. The maximum absolute atomic E-state index is 12.6. The van der Waals surface area contributed by atoms with Crippen molar-refractivity contribution in [3.8, 4) is 23.7 Å². The minimum Gasteiger partial charge on any atom is -0.321 e. The molecule has 6 heteroatoms. The summed E-state index contributed by atoms with van der Waals surface area (Å²) >= 11 is 0. The van der Waals surface area contributed by atoms with E-state index < -0.39 is 11.2 Å². The first kappa shape index (κ1) is 14.9. The number of nitrogens with zero attached hydrogens (tertiary/aromatic N) is 4. The van der Waals surface area contributed by atoms with Gasteiger partial charge in [0.25, 0.3) is 5.56 Å². The maximum Gasteiger partial charge on any atom is 0.333 e. The molecule has 0 fully saturated rings. The number of terminal acetylenes is 1. The van der Waals surface area contributed by atoms with E-state index in [4.69, 9.17) is 6.42 Å². The monoisotopic (exact) mass is 308 g/mol. The van der Waals surface area contributed by atoms with Crippen LogP contribution in [0.4, 0.5) is 0 Å². The van der Waals surface area contributed by atoms with Crippen LogP contribution in [0.15, 0.2) is 33.9 Å². The zero-order chi connectivity index (χ0) is 16.7. The number of aryl methyl sites for hydroxylation is 3. The molecular weight excluding hydrogens is 292 g/mol. The summed E-state index contributed by atoms with van der Waals surface area (Å²) in [5.41, 5.74) is 1.81. The van der Waals surface area contributed by atoms with Gasteiger partial charge in [-0.05, 0) is 13.0 Å². The average molecular weight is 308 g/mol. The highest BCUT2D eigenvalue weighted by Crippen LogP contribution is 2.21. The van der Waals surface area contributed by atoms with Crippen LogP contribution in [0.25, 0.3) is 22.6 Å². The first-order chi connectivity index (χ1) is 11.0. The molecule has 0 bridgehead atoms. The SMILES string of the molecule is C#CCn1c(=O)c2c(nc(-c3cccc(C)c3)n2C)n(C)c1=O. The molecule has 3 rings (SSSR count). The molecule has 3 aromatic rings. The van der Waals surface area contributed by atoms with E-state index in [1.54, 1.807) is 18.7 Å². The second-order valence-electron chi connectivity index (χ2n) is 5.47. The molecule has 1 aromatic carbocycles. The van der Waals surface area contributed by atoms with Gasteiger partial charge in [-0.2, -0.15) is 0 Å². The van der Waals surface area contributed by atoms with Gasteiger partial charge in [0.05, 0.1) is 6.54 Å². The first-order valence-electron chi connectivity index (χ1n) is 7.12. The Labute approximate surface area is 132 Å². The fraction of sp³-hybridized carbons (Fsp3) is 0.235. The van der Waals surface area contributed by atoms with Crippen molar-refractivity contribution in [1.82, 2.24) is 18.7 Å². The predicted octanol–water partition coefficient (Wildman–Crippen LogP) is 1.04. The third-order valence-electron chi connectivity index (χ3n) is 3.89. The van der Waals surface area contributed by atoms with E-state index in [1.807, 2.05) is 31.2 Å². The fourth-order valence-corrected chi connectivity index (χ4v) is 2.72. The Morgan fingerprint density at radius 2 is 1.96 bits per heavy atom. The summed E-state index contributed by atoms with van der Waals surface area (Å²) in [4.78, 5) is 29.4. The second-order valence-corrected chi connectivity index (χ2v) is 5.47. The lowest BCUT2D eigenvalue weighted by atomic mass is 10.1. The molecule has 0 saturated heterocycles. The largest absolute Gasteiger partial charge is 0.333 e. The van der Waals surface area contributed by atoms with Crippen molar-refractivity contribution in [2.24, 2.45) is 14.1 Å². The van der Waals surface area contributed by atoms with Gasteiger partial charge >= 0.3 is 5.69 Å². The lowest BCUT2D eigenvalue weighted by molar-refractivity contribution is 0.674. The molecule has 0 amide bonds. The summed E-state index contributed by atoms with van der Waals surface area (Å²) in [7, 11) is 3.35. The zero-order valence-electron chi connectivity index (χ0n) is 13.2. The molecule has 2 aromatic heterocycles. The van der Waals surface area contributed by atoms with E-state index in [0.717, 1.165) is 15.7 Å². The minimum atomic E-state index is -0.464. The highest BCUT2D eigenvalue weighted by Gasteiger charge is 2.18. The van der Waals surface area contributed by atoms with E-state index in [2.05, 4.69) is 10.9 Å². The molecule has 0 saturated carbocycles. The summed E-state index contributed by atoms with van der Waals surface area (Å²) in [6.07, 6.45) is 5.26. The number of hydrogen-bond acceptors (Lipinski definition) is 3. The van der Waals surface area contributed by atoms with Crippen molar-refractivity contribution in [3.05, 3.63) is 50.7 Å². The molecular formula is C17H16N4O2. The predicted molar refractivity (Wildman–Crippen MR) is 89.2 cm³/mol. The Balaban J connectivity index is 2.43. The quantitative estimate of drug-likeness (QED) is 0.665. The molecule has 0 aliphatic heterocycles. The number of benzene rings is 1. The summed E-state index contributed by atoms with van der Waals surface area (Å²) in [5, 5.41) is 0. The van der Waals surface area contributed by atoms with Crippen LogP contribution in [-0.4, -0.2) is 18.7 Å². The summed E-state index contributed by atoms with van der Waals surface area (Å²) < 4.78 is 4.11. The highest BCUT2D eigenvalue weighted by molar-refractivity contribution is 5.77. The Morgan fingerprint density at radius 3 is 2.61 bits per heavy atom. The van der Waals surface area contributed by atoms with Crippen molar-refractivity contribution in [2.75, 3.05) is 0 Å². The van der Waals surface area contributed by atoms with E-state index in [-0.39, 0.29) is 6.54 Å². The Hall–Kier alpha value is -3.07. The Bertz CT molecular complexity index is 1080. The summed E-state index contributed by atoms with van der Waals surface area (Å²) in [6.45, 7) is 1.92. The molecule has 6 nitrogen and oxygen atoms in total. The molecule has 0 unspecified atom stereocenters. The number of aromatic nitrogens is 4. The van der Waals surface area contributed by atoms with Gasteiger partial charge in [0.1, 0.15) is 5.82 Å². The third-order valence-corrected chi connectivity index (χ3v) is 3.89. The molecule has 0 spiro atoms.